The molecule has 0 radical (unpaired) electrons. The average Bonchev–Trinajstić information content (AvgIpc) is 1.95. The molecule has 0 spiro atoms. The van der Waals surface area contributed by atoms with Crippen LogP contribution in [0.1, 0.15) is 53.9 Å². The molecule has 0 heterocycles. The monoisotopic (exact) mass is 238 g/mol. The molecule has 1 aliphatic rings. The van der Waals surface area contributed by atoms with E-state index in [1.165, 1.54) is 19.4 Å². The fourth-order valence-corrected chi connectivity index (χ4v) is 2.02. The second-order valence-corrected chi connectivity index (χ2v) is 5.56. The summed E-state index contributed by atoms with van der Waals surface area (Å²) in [5, 5.41) is 0. The zero-order valence-electron chi connectivity index (χ0n) is 11.4. The number of ketones is 3. The molecule has 1 rings (SSSR count). The van der Waals surface area contributed by atoms with Gasteiger partial charge in [0.1, 0.15) is 11.6 Å². The van der Waals surface area contributed by atoms with Gasteiger partial charge in [0.15, 0.2) is 5.78 Å². The number of allylic oxidation sites excluding steroid dienone is 2. The molecule has 0 saturated heterocycles. The minimum Gasteiger partial charge on any atom is -0.300 e. The SMILES string of the molecule is CC(=O)CC(C)=O.CC1=CC(=O)CC(C)(C)C1. The molecular weight excluding hydrogens is 216 g/mol. The second-order valence-electron chi connectivity index (χ2n) is 5.56. The molecule has 3 nitrogen and oxygen atoms in total. The van der Waals surface area contributed by atoms with Gasteiger partial charge in [-0.05, 0) is 38.7 Å². The van der Waals surface area contributed by atoms with E-state index in [0.717, 1.165) is 6.42 Å². The Labute approximate surface area is 103 Å². The lowest BCUT2D eigenvalue weighted by Gasteiger charge is -2.27. The van der Waals surface area contributed by atoms with Gasteiger partial charge in [-0.25, -0.2) is 0 Å². The van der Waals surface area contributed by atoms with Crippen LogP contribution in [0.25, 0.3) is 0 Å². The second kappa shape index (κ2) is 6.48. The molecule has 0 saturated carbocycles. The zero-order valence-corrected chi connectivity index (χ0v) is 11.4. The van der Waals surface area contributed by atoms with Gasteiger partial charge < -0.3 is 0 Å². The Kier molecular flexibility index (Phi) is 6.00. The van der Waals surface area contributed by atoms with Gasteiger partial charge in [0, 0.05) is 6.42 Å². The fraction of sp³-hybridized carbons (Fsp3) is 0.643. The molecule has 0 bridgehead atoms. The molecule has 0 fully saturated rings. The lowest BCUT2D eigenvalue weighted by Crippen LogP contribution is -2.20. The van der Waals surface area contributed by atoms with Gasteiger partial charge in [0.05, 0.1) is 6.42 Å². The van der Waals surface area contributed by atoms with E-state index in [9.17, 15) is 14.4 Å². The minimum absolute atomic E-state index is 0.0625. The van der Waals surface area contributed by atoms with Crippen molar-refractivity contribution < 1.29 is 14.4 Å². The Morgan fingerprint density at radius 3 is 1.88 bits per heavy atom. The summed E-state index contributed by atoms with van der Waals surface area (Å²) in [6.45, 7) is 9.12. The maximum atomic E-state index is 11.0. The van der Waals surface area contributed by atoms with Crippen LogP contribution in [0.5, 0.6) is 0 Å². The van der Waals surface area contributed by atoms with Crippen molar-refractivity contribution in [3.63, 3.8) is 0 Å². The van der Waals surface area contributed by atoms with Crippen molar-refractivity contribution in [3.05, 3.63) is 11.6 Å². The first-order valence-electron chi connectivity index (χ1n) is 5.81. The highest BCUT2D eigenvalue weighted by Crippen LogP contribution is 2.32. The first kappa shape index (κ1) is 15.8. The minimum atomic E-state index is -0.0625. The largest absolute Gasteiger partial charge is 0.300 e. The van der Waals surface area contributed by atoms with Crippen LogP contribution >= 0.6 is 0 Å². The Balaban J connectivity index is 0.000000325. The van der Waals surface area contributed by atoms with Crippen LogP contribution in [0.4, 0.5) is 0 Å². The Morgan fingerprint density at radius 1 is 1.18 bits per heavy atom. The molecule has 0 aromatic carbocycles. The molecule has 0 amide bonds. The molecule has 0 aromatic heterocycles. The quantitative estimate of drug-likeness (QED) is 0.695. The van der Waals surface area contributed by atoms with Crippen LogP contribution in [0.15, 0.2) is 11.6 Å². The third kappa shape index (κ3) is 8.55. The van der Waals surface area contributed by atoms with E-state index < -0.39 is 0 Å². The highest BCUT2D eigenvalue weighted by atomic mass is 16.1. The van der Waals surface area contributed by atoms with E-state index >= 15 is 0 Å². The van der Waals surface area contributed by atoms with Crippen LogP contribution < -0.4 is 0 Å². The van der Waals surface area contributed by atoms with Crippen molar-refractivity contribution in [2.45, 2.75) is 53.9 Å². The molecular formula is C14H22O3. The van der Waals surface area contributed by atoms with E-state index in [2.05, 4.69) is 13.8 Å². The maximum Gasteiger partial charge on any atom is 0.156 e. The van der Waals surface area contributed by atoms with Crippen molar-refractivity contribution in [3.8, 4) is 0 Å². The summed E-state index contributed by atoms with van der Waals surface area (Å²) >= 11 is 0. The van der Waals surface area contributed by atoms with Crippen LogP contribution in [-0.2, 0) is 14.4 Å². The van der Waals surface area contributed by atoms with Crippen LogP contribution in [0, 0.1) is 5.41 Å². The maximum absolute atomic E-state index is 11.0. The van der Waals surface area contributed by atoms with Gasteiger partial charge in [-0.2, -0.15) is 0 Å². The topological polar surface area (TPSA) is 51.2 Å². The molecule has 0 aromatic rings. The molecule has 0 aliphatic heterocycles. The predicted octanol–water partition coefficient (Wildman–Crippen LogP) is 2.88. The van der Waals surface area contributed by atoms with E-state index in [1.54, 1.807) is 6.08 Å². The van der Waals surface area contributed by atoms with Gasteiger partial charge >= 0.3 is 0 Å². The molecule has 0 unspecified atom stereocenters. The number of carbonyl (C=O) groups is 3. The summed E-state index contributed by atoms with van der Waals surface area (Å²) in [6, 6.07) is 0. The van der Waals surface area contributed by atoms with Crippen molar-refractivity contribution in [1.29, 1.82) is 0 Å². The first-order chi connectivity index (χ1) is 7.62. The van der Waals surface area contributed by atoms with E-state index in [1.807, 2.05) is 6.92 Å². The smallest absolute Gasteiger partial charge is 0.156 e. The molecule has 17 heavy (non-hydrogen) atoms. The molecule has 0 N–H and O–H groups in total. The molecule has 0 atom stereocenters. The number of Topliss-reactive ketones (excluding diaryl/α,β-unsaturated/α-hetero) is 2. The first-order valence-corrected chi connectivity index (χ1v) is 5.81. The average molecular weight is 238 g/mol. The van der Waals surface area contributed by atoms with Gasteiger partial charge in [0.25, 0.3) is 0 Å². The van der Waals surface area contributed by atoms with Gasteiger partial charge in [0.2, 0.25) is 0 Å². The third-order valence-corrected chi connectivity index (χ3v) is 2.32. The summed E-state index contributed by atoms with van der Waals surface area (Å²) in [6.07, 6.45) is 3.63. The summed E-state index contributed by atoms with van der Waals surface area (Å²) in [5.41, 5.74) is 1.43. The highest BCUT2D eigenvalue weighted by molar-refractivity contribution is 5.96. The number of carbonyl (C=O) groups excluding carboxylic acids is 3. The molecule has 1 aliphatic carbocycles. The standard InChI is InChI=1S/C9H14O.C5H8O2/c1-7-4-8(10)6-9(2,3)5-7;1-4(6)3-5(2)7/h4H,5-6H2,1-3H3;3H2,1-2H3. The lowest BCUT2D eigenvalue weighted by molar-refractivity contribution is -0.124. The summed E-state index contributed by atoms with van der Waals surface area (Å²) in [4.78, 5) is 31.1. The van der Waals surface area contributed by atoms with Gasteiger partial charge in [-0.3, -0.25) is 14.4 Å². The van der Waals surface area contributed by atoms with Gasteiger partial charge in [-0.15, -0.1) is 0 Å². The molecule has 96 valence electrons. The normalized spacial score (nSPS) is 17.7. The predicted molar refractivity (Wildman–Crippen MR) is 67.8 cm³/mol. The fourth-order valence-electron chi connectivity index (χ4n) is 2.02. The van der Waals surface area contributed by atoms with Crippen LogP contribution in [-0.4, -0.2) is 17.3 Å². The lowest BCUT2D eigenvalue weighted by atomic mass is 9.77. The third-order valence-electron chi connectivity index (χ3n) is 2.32. The summed E-state index contributed by atoms with van der Waals surface area (Å²) in [7, 11) is 0. The number of rotatable bonds is 2. The van der Waals surface area contributed by atoms with Gasteiger partial charge in [-0.1, -0.05) is 19.4 Å². The van der Waals surface area contributed by atoms with Crippen molar-refractivity contribution in [2.24, 2.45) is 5.41 Å². The van der Waals surface area contributed by atoms with Crippen LogP contribution in [0.2, 0.25) is 0 Å². The van der Waals surface area contributed by atoms with Crippen molar-refractivity contribution in [2.75, 3.05) is 0 Å². The van der Waals surface area contributed by atoms with Crippen molar-refractivity contribution in [1.82, 2.24) is 0 Å². The van der Waals surface area contributed by atoms with Crippen molar-refractivity contribution >= 4 is 17.3 Å². The summed E-state index contributed by atoms with van der Waals surface area (Å²) in [5.74, 6) is 0.161. The zero-order chi connectivity index (χ0) is 13.6. The summed E-state index contributed by atoms with van der Waals surface area (Å²) < 4.78 is 0. The van der Waals surface area contributed by atoms with Crippen LogP contribution in [0.3, 0.4) is 0 Å². The molecule has 3 heteroatoms. The van der Waals surface area contributed by atoms with E-state index in [-0.39, 0.29) is 29.2 Å². The van der Waals surface area contributed by atoms with E-state index in [4.69, 9.17) is 0 Å². The van der Waals surface area contributed by atoms with E-state index in [0.29, 0.717) is 6.42 Å². The Hall–Kier alpha value is -1.25. The number of hydrogen-bond acceptors (Lipinski definition) is 3. The Morgan fingerprint density at radius 2 is 1.65 bits per heavy atom. The highest BCUT2D eigenvalue weighted by Gasteiger charge is 2.25. The number of hydrogen-bond donors (Lipinski definition) is 0. The Bertz CT molecular complexity index is 336.